The highest BCUT2D eigenvalue weighted by molar-refractivity contribution is 5.85. The number of halogens is 1. The fourth-order valence-electron chi connectivity index (χ4n) is 3.57. The number of nitrogens with zero attached hydrogens (tertiary/aromatic N) is 3. The van der Waals surface area contributed by atoms with Crippen LogP contribution in [0.4, 0.5) is 0 Å². The highest BCUT2D eigenvalue weighted by atomic mass is 35.5. The number of aromatic nitrogens is 2. The highest BCUT2D eigenvalue weighted by Gasteiger charge is 2.29. The summed E-state index contributed by atoms with van der Waals surface area (Å²) >= 11 is 0. The maximum atomic E-state index is 12.8. The van der Waals surface area contributed by atoms with Crippen LogP contribution in [0.3, 0.4) is 0 Å². The number of carbonyl (C=O) groups excluding carboxylic acids is 1. The smallest absolute Gasteiger partial charge is 0.227 e. The van der Waals surface area contributed by atoms with Crippen LogP contribution in [-0.4, -0.2) is 39.7 Å². The van der Waals surface area contributed by atoms with E-state index in [1.54, 1.807) is 0 Å². The summed E-state index contributed by atoms with van der Waals surface area (Å²) in [5.74, 6) is 1.40. The zero-order chi connectivity index (χ0) is 17.1. The van der Waals surface area contributed by atoms with Crippen molar-refractivity contribution >= 4 is 18.3 Å². The molecule has 1 aromatic heterocycles. The molecule has 0 aromatic carbocycles. The molecule has 2 rings (SSSR count). The molecule has 1 saturated heterocycles. The summed E-state index contributed by atoms with van der Waals surface area (Å²) in [6, 6.07) is 0.192. The van der Waals surface area contributed by atoms with Crippen LogP contribution >= 0.6 is 12.4 Å². The van der Waals surface area contributed by atoms with Crippen molar-refractivity contribution in [3.05, 3.63) is 17.0 Å². The van der Waals surface area contributed by atoms with Gasteiger partial charge >= 0.3 is 0 Å². The van der Waals surface area contributed by atoms with Gasteiger partial charge in [0.15, 0.2) is 0 Å². The maximum Gasteiger partial charge on any atom is 0.227 e. The minimum atomic E-state index is 0. The predicted molar refractivity (Wildman–Crippen MR) is 100 cm³/mol. The van der Waals surface area contributed by atoms with E-state index >= 15 is 0 Å². The van der Waals surface area contributed by atoms with Crippen molar-refractivity contribution in [3.63, 3.8) is 0 Å². The topological polar surface area (TPSA) is 64.2 Å². The van der Waals surface area contributed by atoms with Crippen molar-refractivity contribution in [1.29, 1.82) is 0 Å². The summed E-state index contributed by atoms with van der Waals surface area (Å²) in [6.07, 6.45) is 2.54. The molecule has 1 fully saturated rings. The second-order valence-corrected chi connectivity index (χ2v) is 7.51. The summed E-state index contributed by atoms with van der Waals surface area (Å²) in [5.41, 5.74) is 9.09. The van der Waals surface area contributed by atoms with Crippen LogP contribution in [0.2, 0.25) is 0 Å². The Kier molecular flexibility index (Phi) is 7.74. The molecule has 2 heterocycles. The van der Waals surface area contributed by atoms with E-state index in [2.05, 4.69) is 32.8 Å². The van der Waals surface area contributed by atoms with Crippen molar-refractivity contribution in [2.24, 2.45) is 17.6 Å². The van der Waals surface area contributed by atoms with E-state index in [1.165, 1.54) is 0 Å². The summed E-state index contributed by atoms with van der Waals surface area (Å²) in [7, 11) is 0. The number of piperidine rings is 1. The van der Waals surface area contributed by atoms with E-state index in [0.29, 0.717) is 24.8 Å². The van der Waals surface area contributed by atoms with Gasteiger partial charge in [0.2, 0.25) is 5.91 Å². The molecule has 1 aliphatic heterocycles. The van der Waals surface area contributed by atoms with Crippen LogP contribution < -0.4 is 5.73 Å². The largest absolute Gasteiger partial charge is 0.338 e. The molecule has 1 aliphatic rings. The van der Waals surface area contributed by atoms with Gasteiger partial charge in [-0.15, -0.1) is 12.4 Å². The first-order valence-electron chi connectivity index (χ1n) is 8.85. The molecule has 0 spiro atoms. The molecule has 1 aromatic rings. The number of aryl methyl sites for hydroxylation is 1. The Bertz CT molecular complexity index is 555. The van der Waals surface area contributed by atoms with Crippen LogP contribution in [0, 0.1) is 25.7 Å². The van der Waals surface area contributed by atoms with Crippen LogP contribution in [0.5, 0.6) is 0 Å². The third-order valence-corrected chi connectivity index (χ3v) is 4.97. The van der Waals surface area contributed by atoms with E-state index < -0.39 is 0 Å². The Morgan fingerprint density at radius 3 is 2.62 bits per heavy atom. The number of rotatable bonds is 5. The van der Waals surface area contributed by atoms with E-state index in [1.807, 2.05) is 16.5 Å². The SMILES string of the molecule is Cc1nn(CC(C)C)c(C)c1CC(=O)N1CCC(C)CC1CN.Cl. The molecular formula is C18H33ClN4O. The lowest BCUT2D eigenvalue weighted by atomic mass is 9.92. The number of nitrogens with two attached hydrogens (primary N) is 1. The van der Waals surface area contributed by atoms with Crippen molar-refractivity contribution in [1.82, 2.24) is 14.7 Å². The summed E-state index contributed by atoms with van der Waals surface area (Å²) < 4.78 is 2.04. The quantitative estimate of drug-likeness (QED) is 0.882. The molecule has 2 N–H and O–H groups in total. The Balaban J connectivity index is 0.00000288. The van der Waals surface area contributed by atoms with Gasteiger partial charge in [0.1, 0.15) is 0 Å². The maximum absolute atomic E-state index is 12.8. The van der Waals surface area contributed by atoms with Gasteiger partial charge in [-0.1, -0.05) is 20.8 Å². The third kappa shape index (κ3) is 4.73. The summed E-state index contributed by atoms with van der Waals surface area (Å²) in [6.45, 7) is 13.0. The van der Waals surface area contributed by atoms with Crippen LogP contribution in [-0.2, 0) is 17.8 Å². The minimum Gasteiger partial charge on any atom is -0.338 e. The predicted octanol–water partition coefficient (Wildman–Crippen LogP) is 2.71. The fraction of sp³-hybridized carbons (Fsp3) is 0.778. The van der Waals surface area contributed by atoms with E-state index in [0.717, 1.165) is 42.9 Å². The van der Waals surface area contributed by atoms with Crippen molar-refractivity contribution in [2.45, 2.75) is 66.5 Å². The lowest BCUT2D eigenvalue weighted by Crippen LogP contribution is -2.49. The molecule has 2 unspecified atom stereocenters. The van der Waals surface area contributed by atoms with E-state index in [4.69, 9.17) is 5.73 Å². The molecule has 0 bridgehead atoms. The average molecular weight is 357 g/mol. The first-order chi connectivity index (χ1) is 10.8. The second kappa shape index (κ2) is 8.86. The molecule has 0 radical (unpaired) electrons. The molecule has 24 heavy (non-hydrogen) atoms. The van der Waals surface area contributed by atoms with Gasteiger partial charge in [-0.05, 0) is 38.5 Å². The Labute approximate surface area is 152 Å². The molecule has 0 saturated carbocycles. The highest BCUT2D eigenvalue weighted by Crippen LogP contribution is 2.24. The lowest BCUT2D eigenvalue weighted by Gasteiger charge is -2.38. The Hall–Kier alpha value is -1.07. The van der Waals surface area contributed by atoms with Gasteiger partial charge < -0.3 is 10.6 Å². The number of carbonyl (C=O) groups is 1. The van der Waals surface area contributed by atoms with Gasteiger partial charge in [-0.2, -0.15) is 5.10 Å². The molecule has 2 atom stereocenters. The first kappa shape index (κ1) is 21.0. The van der Waals surface area contributed by atoms with Crippen LogP contribution in [0.25, 0.3) is 0 Å². The normalized spacial score (nSPS) is 21.0. The summed E-state index contributed by atoms with van der Waals surface area (Å²) in [4.78, 5) is 14.8. The monoisotopic (exact) mass is 356 g/mol. The van der Waals surface area contributed by atoms with E-state index in [9.17, 15) is 4.79 Å². The zero-order valence-electron chi connectivity index (χ0n) is 15.7. The first-order valence-corrected chi connectivity index (χ1v) is 8.85. The summed E-state index contributed by atoms with van der Waals surface area (Å²) in [5, 5.41) is 4.62. The van der Waals surface area contributed by atoms with Gasteiger partial charge in [0.25, 0.3) is 0 Å². The number of likely N-dealkylation sites (tertiary alicyclic amines) is 1. The van der Waals surface area contributed by atoms with E-state index in [-0.39, 0.29) is 24.4 Å². The van der Waals surface area contributed by atoms with Crippen LogP contribution in [0.1, 0.15) is 50.6 Å². The van der Waals surface area contributed by atoms with Crippen molar-refractivity contribution in [2.75, 3.05) is 13.1 Å². The Morgan fingerprint density at radius 1 is 1.38 bits per heavy atom. The average Bonchev–Trinajstić information content (AvgIpc) is 2.73. The van der Waals surface area contributed by atoms with Gasteiger partial charge in [-0.25, -0.2) is 0 Å². The molecule has 138 valence electrons. The minimum absolute atomic E-state index is 0. The molecule has 0 aliphatic carbocycles. The van der Waals surface area contributed by atoms with Crippen molar-refractivity contribution in [3.8, 4) is 0 Å². The molecule has 6 heteroatoms. The second-order valence-electron chi connectivity index (χ2n) is 7.51. The van der Waals surface area contributed by atoms with Gasteiger partial charge in [-0.3, -0.25) is 9.48 Å². The van der Waals surface area contributed by atoms with Crippen molar-refractivity contribution < 1.29 is 4.79 Å². The standard InChI is InChI=1S/C18H32N4O.ClH/c1-12(2)11-22-15(5)17(14(4)20-22)9-18(23)21-7-6-13(3)8-16(21)10-19;/h12-13,16H,6-11,19H2,1-5H3;1H. The zero-order valence-corrected chi connectivity index (χ0v) is 16.5. The molecular weight excluding hydrogens is 324 g/mol. The molecule has 1 amide bonds. The van der Waals surface area contributed by atoms with Gasteiger partial charge in [0.05, 0.1) is 12.1 Å². The number of hydrogen-bond donors (Lipinski definition) is 1. The number of amides is 1. The number of hydrogen-bond acceptors (Lipinski definition) is 3. The third-order valence-electron chi connectivity index (χ3n) is 4.97. The Morgan fingerprint density at radius 2 is 2.04 bits per heavy atom. The fourth-order valence-corrected chi connectivity index (χ4v) is 3.57. The molecule has 5 nitrogen and oxygen atoms in total. The van der Waals surface area contributed by atoms with Crippen LogP contribution in [0.15, 0.2) is 0 Å². The van der Waals surface area contributed by atoms with Gasteiger partial charge in [0, 0.05) is 36.9 Å². The lowest BCUT2D eigenvalue weighted by molar-refractivity contribution is -0.134.